The summed E-state index contributed by atoms with van der Waals surface area (Å²) in [6.07, 6.45) is 2.31. The van der Waals surface area contributed by atoms with Gasteiger partial charge in [-0.05, 0) is 31.2 Å². The predicted octanol–water partition coefficient (Wildman–Crippen LogP) is 2.35. The zero-order chi connectivity index (χ0) is 16.1. The summed E-state index contributed by atoms with van der Waals surface area (Å²) in [4.78, 5) is 23.7. The summed E-state index contributed by atoms with van der Waals surface area (Å²) in [5.74, 6) is -0.321. The molecular weight excluding hydrogens is 306 g/mol. The summed E-state index contributed by atoms with van der Waals surface area (Å²) in [6.45, 7) is 5.41. The number of nitrogens with one attached hydrogen (secondary N) is 1. The second-order valence-electron chi connectivity index (χ2n) is 4.72. The SMILES string of the molecule is C=CCNC(=O)[C@H](C)OC(=O)C1=Cc2cc(Cl)ccc2OC1. The lowest BCUT2D eigenvalue weighted by Gasteiger charge is -2.19. The Hall–Kier alpha value is -2.27. The summed E-state index contributed by atoms with van der Waals surface area (Å²) >= 11 is 5.92. The number of fused-ring (bicyclic) bond motifs is 1. The summed E-state index contributed by atoms with van der Waals surface area (Å²) in [5.41, 5.74) is 1.03. The van der Waals surface area contributed by atoms with Gasteiger partial charge in [-0.1, -0.05) is 17.7 Å². The third-order valence-corrected chi connectivity index (χ3v) is 3.26. The van der Waals surface area contributed by atoms with E-state index in [1.807, 2.05) is 0 Å². The molecule has 1 amide bonds. The van der Waals surface area contributed by atoms with Crippen LogP contribution in [0.5, 0.6) is 5.75 Å². The van der Waals surface area contributed by atoms with Gasteiger partial charge in [0.05, 0.1) is 5.57 Å². The lowest BCUT2D eigenvalue weighted by Crippen LogP contribution is -2.36. The fraction of sp³-hybridized carbons (Fsp3) is 0.250. The first-order valence-corrected chi connectivity index (χ1v) is 7.11. The molecule has 6 heteroatoms. The predicted molar refractivity (Wildman–Crippen MR) is 83.7 cm³/mol. The first kappa shape index (κ1) is 16.1. The van der Waals surface area contributed by atoms with E-state index < -0.39 is 12.1 Å². The van der Waals surface area contributed by atoms with Gasteiger partial charge in [-0.2, -0.15) is 0 Å². The van der Waals surface area contributed by atoms with Crippen LogP contribution < -0.4 is 10.1 Å². The molecule has 1 aliphatic rings. The third-order valence-electron chi connectivity index (χ3n) is 3.02. The van der Waals surface area contributed by atoms with E-state index in [0.717, 1.165) is 0 Å². The van der Waals surface area contributed by atoms with Gasteiger partial charge in [0.15, 0.2) is 6.10 Å². The zero-order valence-corrected chi connectivity index (χ0v) is 12.9. The van der Waals surface area contributed by atoms with Crippen molar-refractivity contribution in [2.24, 2.45) is 0 Å². The van der Waals surface area contributed by atoms with Crippen LogP contribution in [0.25, 0.3) is 6.08 Å². The van der Waals surface area contributed by atoms with Crippen molar-refractivity contribution in [1.82, 2.24) is 5.32 Å². The molecule has 0 saturated heterocycles. The molecule has 0 fully saturated rings. The molecule has 22 heavy (non-hydrogen) atoms. The van der Waals surface area contributed by atoms with Gasteiger partial charge in [-0.3, -0.25) is 4.79 Å². The molecule has 0 unspecified atom stereocenters. The van der Waals surface area contributed by atoms with Gasteiger partial charge in [-0.25, -0.2) is 4.79 Å². The van der Waals surface area contributed by atoms with Crippen LogP contribution >= 0.6 is 11.6 Å². The number of hydrogen-bond acceptors (Lipinski definition) is 4. The second-order valence-corrected chi connectivity index (χ2v) is 5.16. The first-order chi connectivity index (χ1) is 10.5. The number of esters is 1. The number of carbonyl (C=O) groups excluding carboxylic acids is 2. The normalized spacial score (nSPS) is 14.0. The van der Waals surface area contributed by atoms with E-state index >= 15 is 0 Å². The van der Waals surface area contributed by atoms with Crippen molar-refractivity contribution in [1.29, 1.82) is 0 Å². The Labute approximate surface area is 133 Å². The molecule has 0 aromatic heterocycles. The van der Waals surface area contributed by atoms with E-state index in [1.165, 1.54) is 6.92 Å². The number of halogens is 1. The number of carbonyl (C=O) groups is 2. The van der Waals surface area contributed by atoms with Crippen LogP contribution in [0.1, 0.15) is 12.5 Å². The van der Waals surface area contributed by atoms with Gasteiger partial charge < -0.3 is 14.8 Å². The van der Waals surface area contributed by atoms with Gasteiger partial charge >= 0.3 is 5.97 Å². The Morgan fingerprint density at radius 2 is 2.32 bits per heavy atom. The summed E-state index contributed by atoms with van der Waals surface area (Å²) in [6, 6.07) is 5.15. The van der Waals surface area contributed by atoms with E-state index in [-0.39, 0.29) is 12.5 Å². The molecule has 116 valence electrons. The Balaban J connectivity index is 2.04. The average Bonchev–Trinajstić information content (AvgIpc) is 2.51. The first-order valence-electron chi connectivity index (χ1n) is 6.73. The van der Waals surface area contributed by atoms with Crippen molar-refractivity contribution in [2.75, 3.05) is 13.2 Å². The van der Waals surface area contributed by atoms with Crippen molar-refractivity contribution in [3.63, 3.8) is 0 Å². The molecule has 1 N–H and O–H groups in total. The molecule has 1 heterocycles. The number of rotatable bonds is 5. The van der Waals surface area contributed by atoms with Gasteiger partial charge in [0.25, 0.3) is 5.91 Å². The fourth-order valence-electron chi connectivity index (χ4n) is 1.87. The number of ether oxygens (including phenoxy) is 2. The molecule has 1 aliphatic heterocycles. The molecule has 5 nitrogen and oxygen atoms in total. The average molecular weight is 322 g/mol. The standard InChI is InChI=1S/C16H16ClNO4/c1-3-6-18-15(19)10(2)22-16(20)12-7-11-8-13(17)4-5-14(11)21-9-12/h3-5,7-8,10H,1,6,9H2,2H3,(H,18,19)/t10-/m0/s1. The van der Waals surface area contributed by atoms with Crippen LogP contribution in [0.4, 0.5) is 0 Å². The Morgan fingerprint density at radius 3 is 3.05 bits per heavy atom. The molecule has 2 rings (SSSR count). The third kappa shape index (κ3) is 3.89. The van der Waals surface area contributed by atoms with Crippen LogP contribution in [0.2, 0.25) is 5.02 Å². The number of amides is 1. The highest BCUT2D eigenvalue weighted by atomic mass is 35.5. The van der Waals surface area contributed by atoms with E-state index in [1.54, 1.807) is 30.4 Å². The van der Waals surface area contributed by atoms with Crippen LogP contribution in [-0.4, -0.2) is 31.1 Å². The lowest BCUT2D eigenvalue weighted by molar-refractivity contribution is -0.151. The smallest absolute Gasteiger partial charge is 0.338 e. The molecule has 0 spiro atoms. The van der Waals surface area contributed by atoms with Gasteiger partial charge in [0, 0.05) is 17.1 Å². The van der Waals surface area contributed by atoms with Crippen molar-refractivity contribution in [3.05, 3.63) is 47.0 Å². The molecule has 0 radical (unpaired) electrons. The Morgan fingerprint density at radius 1 is 1.55 bits per heavy atom. The molecule has 0 saturated carbocycles. The highest BCUT2D eigenvalue weighted by molar-refractivity contribution is 6.30. The highest BCUT2D eigenvalue weighted by Gasteiger charge is 2.23. The molecule has 1 atom stereocenters. The second kappa shape index (κ2) is 7.13. The van der Waals surface area contributed by atoms with Crippen molar-refractivity contribution >= 4 is 29.6 Å². The summed E-state index contributed by atoms with van der Waals surface area (Å²) in [7, 11) is 0. The van der Waals surface area contributed by atoms with Crippen molar-refractivity contribution < 1.29 is 19.1 Å². The van der Waals surface area contributed by atoms with Crippen LogP contribution in [-0.2, 0) is 14.3 Å². The van der Waals surface area contributed by atoms with E-state index in [2.05, 4.69) is 11.9 Å². The minimum absolute atomic E-state index is 0.0917. The van der Waals surface area contributed by atoms with Gasteiger partial charge in [0.1, 0.15) is 12.4 Å². The maximum absolute atomic E-state index is 12.1. The minimum Gasteiger partial charge on any atom is -0.488 e. The quantitative estimate of drug-likeness (QED) is 0.668. The Bertz CT molecular complexity index is 639. The topological polar surface area (TPSA) is 64.6 Å². The monoisotopic (exact) mass is 321 g/mol. The van der Waals surface area contributed by atoms with Gasteiger partial charge in [-0.15, -0.1) is 6.58 Å². The minimum atomic E-state index is -0.894. The summed E-state index contributed by atoms with van der Waals surface area (Å²) < 4.78 is 10.6. The zero-order valence-electron chi connectivity index (χ0n) is 12.1. The van der Waals surface area contributed by atoms with Crippen LogP contribution in [0, 0.1) is 0 Å². The van der Waals surface area contributed by atoms with Crippen molar-refractivity contribution in [3.8, 4) is 5.75 Å². The molecule has 1 aromatic rings. The highest BCUT2D eigenvalue weighted by Crippen LogP contribution is 2.29. The van der Waals surface area contributed by atoms with E-state index in [0.29, 0.717) is 28.5 Å². The molecule has 0 aliphatic carbocycles. The van der Waals surface area contributed by atoms with Crippen LogP contribution in [0.15, 0.2) is 36.4 Å². The fourth-order valence-corrected chi connectivity index (χ4v) is 2.05. The lowest BCUT2D eigenvalue weighted by atomic mass is 10.1. The summed E-state index contributed by atoms with van der Waals surface area (Å²) in [5, 5.41) is 3.11. The molecule has 1 aromatic carbocycles. The molecule has 0 bridgehead atoms. The Kier molecular flexibility index (Phi) is 5.22. The maximum atomic E-state index is 12.1. The number of hydrogen-bond donors (Lipinski definition) is 1. The van der Waals surface area contributed by atoms with Gasteiger partial charge in [0.2, 0.25) is 0 Å². The number of benzene rings is 1. The molecular formula is C16H16ClNO4. The van der Waals surface area contributed by atoms with E-state index in [9.17, 15) is 9.59 Å². The van der Waals surface area contributed by atoms with Crippen molar-refractivity contribution in [2.45, 2.75) is 13.0 Å². The van der Waals surface area contributed by atoms with Crippen LogP contribution in [0.3, 0.4) is 0 Å². The largest absolute Gasteiger partial charge is 0.488 e. The van der Waals surface area contributed by atoms with E-state index in [4.69, 9.17) is 21.1 Å². The maximum Gasteiger partial charge on any atom is 0.338 e.